The molecule has 1 fully saturated rings. The molecule has 142 valence electrons. The second-order valence-electron chi connectivity index (χ2n) is 7.13. The first-order valence-electron chi connectivity index (χ1n) is 9.25. The number of likely N-dealkylation sites (tertiary alicyclic amines) is 1. The molecule has 5 rings (SSSR count). The number of aromatic nitrogens is 5. The summed E-state index contributed by atoms with van der Waals surface area (Å²) in [5.41, 5.74) is 4.21. The van der Waals surface area contributed by atoms with Crippen LogP contribution in [0, 0.1) is 5.82 Å². The van der Waals surface area contributed by atoms with Crippen LogP contribution in [0.2, 0.25) is 0 Å². The van der Waals surface area contributed by atoms with Gasteiger partial charge < -0.3 is 4.98 Å². The minimum atomic E-state index is -0.259. The maximum absolute atomic E-state index is 13.2. The van der Waals surface area contributed by atoms with Gasteiger partial charge in [-0.3, -0.25) is 14.6 Å². The molecule has 4 heterocycles. The van der Waals surface area contributed by atoms with Gasteiger partial charge in [-0.1, -0.05) is 0 Å². The zero-order valence-corrected chi connectivity index (χ0v) is 15.1. The Morgan fingerprint density at radius 2 is 2.07 bits per heavy atom. The molecule has 0 bridgehead atoms. The van der Waals surface area contributed by atoms with E-state index in [0.29, 0.717) is 12.2 Å². The van der Waals surface area contributed by atoms with Gasteiger partial charge in [0.15, 0.2) is 5.65 Å². The van der Waals surface area contributed by atoms with E-state index in [1.54, 1.807) is 22.9 Å². The molecule has 1 aliphatic heterocycles. The fraction of sp³-hybridized carbons (Fsp3) is 0.250. The van der Waals surface area contributed by atoms with Crippen LogP contribution in [0.25, 0.3) is 22.4 Å². The van der Waals surface area contributed by atoms with E-state index < -0.39 is 0 Å². The monoisotopic (exact) mass is 378 g/mol. The third-order valence-corrected chi connectivity index (χ3v) is 5.33. The number of halogens is 1. The van der Waals surface area contributed by atoms with E-state index in [2.05, 4.69) is 25.1 Å². The molecule has 0 spiro atoms. The molecular weight excluding hydrogens is 359 g/mol. The lowest BCUT2D eigenvalue weighted by Crippen LogP contribution is -2.26. The second kappa shape index (κ2) is 6.72. The normalized spacial score (nSPS) is 17.5. The van der Waals surface area contributed by atoms with E-state index >= 15 is 0 Å². The molecule has 28 heavy (non-hydrogen) atoms. The lowest BCUT2D eigenvalue weighted by atomic mass is 10.1. The Kier molecular flexibility index (Phi) is 4.05. The number of pyridine rings is 1. The largest absolute Gasteiger partial charge is 0.327 e. The van der Waals surface area contributed by atoms with Crippen LogP contribution in [0.5, 0.6) is 0 Å². The maximum atomic E-state index is 13.2. The van der Waals surface area contributed by atoms with Crippen LogP contribution >= 0.6 is 0 Å². The molecule has 0 aliphatic carbocycles. The van der Waals surface area contributed by atoms with E-state index in [1.807, 2.05) is 18.3 Å². The first-order valence-corrected chi connectivity index (χ1v) is 9.25. The van der Waals surface area contributed by atoms with Crippen molar-refractivity contribution in [3.05, 3.63) is 70.7 Å². The molecule has 1 atom stereocenters. The summed E-state index contributed by atoms with van der Waals surface area (Å²) in [4.78, 5) is 22.0. The number of imidazole rings is 1. The predicted octanol–water partition coefficient (Wildman–Crippen LogP) is 2.70. The lowest BCUT2D eigenvalue weighted by Gasteiger charge is -2.16. The van der Waals surface area contributed by atoms with Crippen molar-refractivity contribution in [2.75, 3.05) is 13.1 Å². The number of rotatable bonds is 4. The van der Waals surface area contributed by atoms with Crippen LogP contribution in [-0.2, 0) is 6.54 Å². The van der Waals surface area contributed by atoms with Crippen molar-refractivity contribution in [3.63, 3.8) is 0 Å². The van der Waals surface area contributed by atoms with Crippen molar-refractivity contribution in [1.29, 1.82) is 0 Å². The summed E-state index contributed by atoms with van der Waals surface area (Å²) in [6.45, 7) is 2.35. The molecule has 1 aliphatic rings. The first kappa shape index (κ1) is 16.9. The summed E-state index contributed by atoms with van der Waals surface area (Å²) < 4.78 is 15.0. The quantitative estimate of drug-likeness (QED) is 0.572. The van der Waals surface area contributed by atoms with Crippen LogP contribution < -0.4 is 5.69 Å². The third kappa shape index (κ3) is 2.91. The number of aromatic amines is 2. The van der Waals surface area contributed by atoms with E-state index in [4.69, 9.17) is 0 Å². The number of nitrogens with one attached hydrogen (secondary N) is 2. The van der Waals surface area contributed by atoms with Crippen molar-refractivity contribution in [1.82, 2.24) is 29.6 Å². The summed E-state index contributed by atoms with van der Waals surface area (Å²) in [5.74, 6) is -0.259. The van der Waals surface area contributed by atoms with E-state index in [1.165, 1.54) is 12.1 Å². The SMILES string of the molecule is O=c1[nH]c2cccnc2n1[C@@H]1CCN(Cc2cn[nH]c2-c2ccc(F)cc2)C1. The van der Waals surface area contributed by atoms with Gasteiger partial charge in [0.25, 0.3) is 0 Å². The molecule has 3 aromatic heterocycles. The van der Waals surface area contributed by atoms with E-state index in [0.717, 1.165) is 41.8 Å². The first-order chi connectivity index (χ1) is 13.7. The predicted molar refractivity (Wildman–Crippen MR) is 103 cm³/mol. The molecule has 0 unspecified atom stereocenters. The minimum absolute atomic E-state index is 0.0809. The lowest BCUT2D eigenvalue weighted by molar-refractivity contribution is 0.316. The average molecular weight is 378 g/mol. The van der Waals surface area contributed by atoms with Gasteiger partial charge in [-0.15, -0.1) is 0 Å². The standard InChI is InChI=1S/C20H19FN6O/c21-15-5-3-13(4-6-15)18-14(10-23-25-18)11-26-9-7-16(12-26)27-19-17(24-20(27)28)2-1-8-22-19/h1-6,8,10,16H,7,9,11-12H2,(H,23,25)(H,24,28)/t16-/m1/s1. The van der Waals surface area contributed by atoms with E-state index in [-0.39, 0.29) is 17.5 Å². The summed E-state index contributed by atoms with van der Waals surface area (Å²) in [6, 6.07) is 10.2. The van der Waals surface area contributed by atoms with Gasteiger partial charge >= 0.3 is 5.69 Å². The molecule has 7 nitrogen and oxygen atoms in total. The molecule has 1 saturated heterocycles. The molecule has 0 amide bonds. The van der Waals surface area contributed by atoms with Gasteiger partial charge in [0.2, 0.25) is 0 Å². The Hall–Kier alpha value is -3.26. The van der Waals surface area contributed by atoms with Gasteiger partial charge in [-0.05, 0) is 42.8 Å². The number of benzene rings is 1. The Morgan fingerprint density at radius 3 is 2.93 bits per heavy atom. The highest BCUT2D eigenvalue weighted by Crippen LogP contribution is 2.27. The highest BCUT2D eigenvalue weighted by atomic mass is 19.1. The van der Waals surface area contributed by atoms with Crippen molar-refractivity contribution in [2.45, 2.75) is 19.0 Å². The van der Waals surface area contributed by atoms with Crippen LogP contribution in [-0.4, -0.2) is 42.7 Å². The Balaban J connectivity index is 1.36. The van der Waals surface area contributed by atoms with Crippen molar-refractivity contribution in [2.24, 2.45) is 0 Å². The molecule has 8 heteroatoms. The Morgan fingerprint density at radius 1 is 1.21 bits per heavy atom. The number of hydrogen-bond acceptors (Lipinski definition) is 4. The average Bonchev–Trinajstić information content (AvgIpc) is 3.41. The summed E-state index contributed by atoms with van der Waals surface area (Å²) in [5, 5.41) is 7.19. The van der Waals surface area contributed by atoms with Crippen molar-refractivity contribution in [3.8, 4) is 11.3 Å². The minimum Gasteiger partial charge on any atom is -0.304 e. The zero-order valence-electron chi connectivity index (χ0n) is 15.1. The number of hydrogen-bond donors (Lipinski definition) is 2. The van der Waals surface area contributed by atoms with Crippen LogP contribution in [0.4, 0.5) is 4.39 Å². The fourth-order valence-corrected chi connectivity index (χ4v) is 4.00. The smallest absolute Gasteiger partial charge is 0.304 e. The number of fused-ring (bicyclic) bond motifs is 1. The van der Waals surface area contributed by atoms with Gasteiger partial charge in [-0.2, -0.15) is 5.10 Å². The van der Waals surface area contributed by atoms with Gasteiger partial charge in [0, 0.05) is 37.0 Å². The number of H-pyrrole nitrogens is 2. The molecular formula is C20H19FN6O. The Bertz CT molecular complexity index is 1180. The van der Waals surface area contributed by atoms with Gasteiger partial charge in [-0.25, -0.2) is 14.2 Å². The third-order valence-electron chi connectivity index (χ3n) is 5.33. The zero-order chi connectivity index (χ0) is 19.1. The molecule has 0 saturated carbocycles. The van der Waals surface area contributed by atoms with Crippen LogP contribution in [0.3, 0.4) is 0 Å². The van der Waals surface area contributed by atoms with E-state index in [9.17, 15) is 9.18 Å². The van der Waals surface area contributed by atoms with Crippen LogP contribution in [0.15, 0.2) is 53.6 Å². The molecule has 1 aromatic carbocycles. The van der Waals surface area contributed by atoms with Gasteiger partial charge in [0.05, 0.1) is 23.4 Å². The highest BCUT2D eigenvalue weighted by molar-refractivity contribution is 5.70. The molecule has 4 aromatic rings. The van der Waals surface area contributed by atoms with Crippen molar-refractivity contribution < 1.29 is 4.39 Å². The topological polar surface area (TPSA) is 82.6 Å². The number of nitrogens with zero attached hydrogens (tertiary/aromatic N) is 4. The van der Waals surface area contributed by atoms with Gasteiger partial charge in [0.1, 0.15) is 5.82 Å². The molecule has 2 N–H and O–H groups in total. The fourth-order valence-electron chi connectivity index (χ4n) is 4.00. The molecule has 0 radical (unpaired) electrons. The van der Waals surface area contributed by atoms with Crippen LogP contribution in [0.1, 0.15) is 18.0 Å². The summed E-state index contributed by atoms with van der Waals surface area (Å²) in [7, 11) is 0. The Labute approximate surface area is 159 Å². The van der Waals surface area contributed by atoms with Crippen molar-refractivity contribution >= 4 is 11.2 Å². The summed E-state index contributed by atoms with van der Waals surface area (Å²) in [6.07, 6.45) is 4.40. The summed E-state index contributed by atoms with van der Waals surface area (Å²) >= 11 is 0. The maximum Gasteiger partial charge on any atom is 0.327 e. The second-order valence-corrected chi connectivity index (χ2v) is 7.13. The highest BCUT2D eigenvalue weighted by Gasteiger charge is 2.27.